The molecular formula is C13H17FN4. The number of nitrogens with one attached hydrogen (secondary N) is 1. The van der Waals surface area contributed by atoms with Crippen LogP contribution in [0.15, 0.2) is 18.2 Å². The number of halogens is 1. The van der Waals surface area contributed by atoms with Crippen LogP contribution < -0.4 is 5.32 Å². The summed E-state index contributed by atoms with van der Waals surface area (Å²) in [6.45, 7) is 5.68. The van der Waals surface area contributed by atoms with Crippen molar-refractivity contribution in [2.75, 3.05) is 7.05 Å². The average molecular weight is 248 g/mol. The molecule has 1 unspecified atom stereocenters. The lowest BCUT2D eigenvalue weighted by Gasteiger charge is -2.08. The van der Waals surface area contributed by atoms with Crippen LogP contribution in [0, 0.1) is 19.7 Å². The highest BCUT2D eigenvalue weighted by Gasteiger charge is 2.15. The van der Waals surface area contributed by atoms with Crippen molar-refractivity contribution >= 4 is 0 Å². The molecule has 5 heteroatoms. The largest absolute Gasteiger partial charge is 0.312 e. The molecule has 0 radical (unpaired) electrons. The fourth-order valence-corrected chi connectivity index (χ4v) is 1.84. The van der Waals surface area contributed by atoms with Gasteiger partial charge in [-0.2, -0.15) is 0 Å². The Morgan fingerprint density at radius 2 is 2.06 bits per heavy atom. The number of rotatable bonds is 3. The van der Waals surface area contributed by atoms with Crippen molar-refractivity contribution in [3.8, 4) is 5.69 Å². The number of nitrogens with zero attached hydrogens (tertiary/aromatic N) is 3. The lowest BCUT2D eigenvalue weighted by molar-refractivity contribution is 0.615. The Labute approximate surface area is 106 Å². The Bertz CT molecular complexity index is 562. The maximum Gasteiger partial charge on any atom is 0.128 e. The summed E-state index contributed by atoms with van der Waals surface area (Å²) in [5.74, 6) is -0.231. The number of aryl methyl sites for hydroxylation is 1. The normalized spacial score (nSPS) is 12.7. The van der Waals surface area contributed by atoms with E-state index in [1.807, 2.05) is 27.0 Å². The summed E-state index contributed by atoms with van der Waals surface area (Å²) >= 11 is 0. The van der Waals surface area contributed by atoms with Crippen molar-refractivity contribution in [2.45, 2.75) is 26.8 Å². The molecule has 0 saturated carbocycles. The maximum atomic E-state index is 13.6. The van der Waals surface area contributed by atoms with Gasteiger partial charge in [-0.25, -0.2) is 9.07 Å². The zero-order valence-corrected chi connectivity index (χ0v) is 11.0. The minimum Gasteiger partial charge on any atom is -0.312 e. The Morgan fingerprint density at radius 1 is 1.33 bits per heavy atom. The van der Waals surface area contributed by atoms with E-state index in [0.29, 0.717) is 11.3 Å². The predicted molar refractivity (Wildman–Crippen MR) is 68.3 cm³/mol. The molecule has 0 aliphatic heterocycles. The topological polar surface area (TPSA) is 42.7 Å². The lowest BCUT2D eigenvalue weighted by Crippen LogP contribution is -2.14. The molecule has 1 aromatic carbocycles. The van der Waals surface area contributed by atoms with Crippen molar-refractivity contribution in [3.05, 3.63) is 41.0 Å². The molecule has 2 rings (SSSR count). The molecule has 1 heterocycles. The molecule has 1 aromatic heterocycles. The lowest BCUT2D eigenvalue weighted by atomic mass is 10.2. The molecule has 0 aliphatic rings. The van der Waals surface area contributed by atoms with Gasteiger partial charge in [-0.1, -0.05) is 11.3 Å². The molecule has 1 N–H and O–H groups in total. The van der Waals surface area contributed by atoms with Crippen molar-refractivity contribution in [1.82, 2.24) is 20.3 Å². The first kappa shape index (κ1) is 12.7. The molecule has 18 heavy (non-hydrogen) atoms. The first-order valence-corrected chi connectivity index (χ1v) is 5.90. The Balaban J connectivity index is 2.45. The van der Waals surface area contributed by atoms with Crippen LogP contribution in [0.25, 0.3) is 5.69 Å². The van der Waals surface area contributed by atoms with Gasteiger partial charge < -0.3 is 5.32 Å². The molecule has 0 amide bonds. The van der Waals surface area contributed by atoms with Crippen LogP contribution in [0.2, 0.25) is 0 Å². The smallest absolute Gasteiger partial charge is 0.128 e. The van der Waals surface area contributed by atoms with Crippen LogP contribution in [0.4, 0.5) is 4.39 Å². The van der Waals surface area contributed by atoms with E-state index in [0.717, 1.165) is 11.4 Å². The van der Waals surface area contributed by atoms with Gasteiger partial charge in [0.2, 0.25) is 0 Å². The molecule has 0 fully saturated rings. The highest BCUT2D eigenvalue weighted by molar-refractivity contribution is 5.36. The highest BCUT2D eigenvalue weighted by Crippen LogP contribution is 2.18. The molecule has 0 aliphatic carbocycles. The third kappa shape index (κ3) is 2.13. The zero-order valence-electron chi connectivity index (χ0n) is 11.0. The van der Waals surface area contributed by atoms with E-state index in [4.69, 9.17) is 0 Å². The van der Waals surface area contributed by atoms with Gasteiger partial charge in [-0.05, 0) is 45.5 Å². The summed E-state index contributed by atoms with van der Waals surface area (Å²) < 4.78 is 15.2. The van der Waals surface area contributed by atoms with Gasteiger partial charge in [0.15, 0.2) is 0 Å². The van der Waals surface area contributed by atoms with Gasteiger partial charge in [-0.15, -0.1) is 5.10 Å². The molecule has 0 spiro atoms. The average Bonchev–Trinajstić information content (AvgIpc) is 2.74. The van der Waals surface area contributed by atoms with Crippen LogP contribution in [0.1, 0.15) is 29.9 Å². The summed E-state index contributed by atoms with van der Waals surface area (Å²) in [5, 5.41) is 11.3. The number of hydrogen-bond donors (Lipinski definition) is 1. The third-order valence-electron chi connectivity index (χ3n) is 3.17. The fourth-order valence-electron chi connectivity index (χ4n) is 1.84. The number of benzene rings is 1. The van der Waals surface area contributed by atoms with Gasteiger partial charge in [0, 0.05) is 0 Å². The van der Waals surface area contributed by atoms with Gasteiger partial charge in [0.25, 0.3) is 0 Å². The zero-order chi connectivity index (χ0) is 13.3. The second kappa shape index (κ2) is 4.86. The van der Waals surface area contributed by atoms with Crippen LogP contribution >= 0.6 is 0 Å². The minimum atomic E-state index is -0.231. The molecule has 4 nitrogen and oxygen atoms in total. The molecule has 2 aromatic rings. The predicted octanol–water partition coefficient (Wildman–Crippen LogP) is 2.30. The Hall–Kier alpha value is -1.75. The van der Waals surface area contributed by atoms with Crippen molar-refractivity contribution in [1.29, 1.82) is 0 Å². The minimum absolute atomic E-state index is 0.119. The molecule has 1 atom stereocenters. The van der Waals surface area contributed by atoms with Crippen LogP contribution in [0.3, 0.4) is 0 Å². The highest BCUT2D eigenvalue weighted by atomic mass is 19.1. The summed E-state index contributed by atoms with van der Waals surface area (Å²) in [7, 11) is 1.87. The monoisotopic (exact) mass is 248 g/mol. The Morgan fingerprint density at radius 3 is 2.67 bits per heavy atom. The van der Waals surface area contributed by atoms with E-state index in [2.05, 4.69) is 15.6 Å². The fraction of sp³-hybridized carbons (Fsp3) is 0.385. The van der Waals surface area contributed by atoms with Crippen molar-refractivity contribution in [3.63, 3.8) is 0 Å². The first-order chi connectivity index (χ1) is 8.54. The van der Waals surface area contributed by atoms with Crippen LogP contribution in [-0.4, -0.2) is 22.0 Å². The SMILES string of the molecule is CNC(C)c1nnn(-c2ccc(C)c(F)c2)c1C. The summed E-state index contributed by atoms with van der Waals surface area (Å²) in [6.07, 6.45) is 0. The van der Waals surface area contributed by atoms with Crippen LogP contribution in [-0.2, 0) is 0 Å². The molecule has 0 saturated heterocycles. The quantitative estimate of drug-likeness (QED) is 0.906. The maximum absolute atomic E-state index is 13.6. The molecule has 96 valence electrons. The second-order valence-corrected chi connectivity index (χ2v) is 4.42. The van der Waals surface area contributed by atoms with Gasteiger partial charge in [0.1, 0.15) is 11.5 Å². The van der Waals surface area contributed by atoms with Crippen molar-refractivity contribution < 1.29 is 4.39 Å². The Kier molecular flexibility index (Phi) is 3.43. The first-order valence-electron chi connectivity index (χ1n) is 5.90. The van der Waals surface area contributed by atoms with Gasteiger partial charge >= 0.3 is 0 Å². The summed E-state index contributed by atoms with van der Waals surface area (Å²) in [5.41, 5.74) is 3.11. The molecule has 0 bridgehead atoms. The third-order valence-corrected chi connectivity index (χ3v) is 3.17. The van der Waals surface area contributed by atoms with Gasteiger partial charge in [-0.3, -0.25) is 0 Å². The van der Waals surface area contributed by atoms with E-state index >= 15 is 0 Å². The van der Waals surface area contributed by atoms with Crippen LogP contribution in [0.5, 0.6) is 0 Å². The standard InChI is InChI=1S/C13H17FN4/c1-8-5-6-11(7-12(8)14)18-10(3)13(16-17-18)9(2)15-4/h5-7,9,15H,1-4H3. The van der Waals surface area contributed by atoms with E-state index in [1.54, 1.807) is 17.7 Å². The number of hydrogen-bond acceptors (Lipinski definition) is 3. The summed E-state index contributed by atoms with van der Waals surface area (Å²) in [6, 6.07) is 5.18. The number of aromatic nitrogens is 3. The summed E-state index contributed by atoms with van der Waals surface area (Å²) in [4.78, 5) is 0. The second-order valence-electron chi connectivity index (χ2n) is 4.42. The van der Waals surface area contributed by atoms with Crippen molar-refractivity contribution in [2.24, 2.45) is 0 Å². The van der Waals surface area contributed by atoms with E-state index in [1.165, 1.54) is 6.07 Å². The van der Waals surface area contributed by atoms with E-state index in [-0.39, 0.29) is 11.9 Å². The van der Waals surface area contributed by atoms with E-state index in [9.17, 15) is 4.39 Å². The van der Waals surface area contributed by atoms with E-state index < -0.39 is 0 Å². The molecular weight excluding hydrogens is 231 g/mol. The van der Waals surface area contributed by atoms with Gasteiger partial charge in [0.05, 0.1) is 17.4 Å².